The molecule has 0 spiro atoms. The highest BCUT2D eigenvalue weighted by Gasteiger charge is 2.26. The lowest BCUT2D eigenvalue weighted by molar-refractivity contribution is 0.546. The number of halogens is 1. The molecule has 1 aromatic rings. The standard InChI is InChI=1S/C11H13NS.ClH/c1-8-12-11(2,3)9-6-4-5-7-10(9)13-8;/h4-7H,1-3H3;1H. The van der Waals surface area contributed by atoms with Gasteiger partial charge in [0, 0.05) is 4.90 Å². The van der Waals surface area contributed by atoms with Gasteiger partial charge in [0.1, 0.15) is 0 Å². The van der Waals surface area contributed by atoms with Gasteiger partial charge in [-0.05, 0) is 32.4 Å². The summed E-state index contributed by atoms with van der Waals surface area (Å²) in [6.45, 7) is 6.40. The molecule has 1 nitrogen and oxygen atoms in total. The number of aliphatic imine (C=N–C) groups is 1. The molecule has 0 saturated carbocycles. The van der Waals surface area contributed by atoms with Crippen molar-refractivity contribution in [2.75, 3.05) is 0 Å². The molecule has 0 amide bonds. The average Bonchev–Trinajstić information content (AvgIpc) is 2.02. The van der Waals surface area contributed by atoms with E-state index < -0.39 is 0 Å². The van der Waals surface area contributed by atoms with Crippen LogP contribution in [0.5, 0.6) is 0 Å². The minimum absolute atomic E-state index is 0. The molecule has 3 heteroatoms. The molecule has 1 aliphatic rings. The molecule has 0 atom stereocenters. The molecule has 0 N–H and O–H groups in total. The second-order valence-electron chi connectivity index (χ2n) is 3.79. The Labute approximate surface area is 95.4 Å². The second-order valence-corrected chi connectivity index (χ2v) is 5.02. The van der Waals surface area contributed by atoms with Crippen LogP contribution in [-0.2, 0) is 5.54 Å². The van der Waals surface area contributed by atoms with Gasteiger partial charge in [0.25, 0.3) is 0 Å². The Hall–Kier alpha value is -0.470. The Balaban J connectivity index is 0.000000980. The molecule has 0 radical (unpaired) electrons. The SMILES string of the molecule is CC1=NC(C)(C)c2ccccc2S1.Cl. The summed E-state index contributed by atoms with van der Waals surface area (Å²) < 4.78 is 0. The molecule has 1 aliphatic heterocycles. The van der Waals surface area contributed by atoms with Gasteiger partial charge in [-0.3, -0.25) is 4.99 Å². The largest absolute Gasteiger partial charge is 0.272 e. The molecular weight excluding hydrogens is 214 g/mol. The number of fused-ring (bicyclic) bond motifs is 1. The first kappa shape index (κ1) is 11.6. The van der Waals surface area contributed by atoms with Crippen LogP contribution in [0, 0.1) is 0 Å². The summed E-state index contributed by atoms with van der Waals surface area (Å²) in [6, 6.07) is 8.50. The Morgan fingerprint density at radius 3 is 2.57 bits per heavy atom. The third-order valence-electron chi connectivity index (χ3n) is 2.24. The fraction of sp³-hybridized carbons (Fsp3) is 0.364. The first-order chi connectivity index (χ1) is 6.09. The van der Waals surface area contributed by atoms with Crippen molar-refractivity contribution >= 4 is 29.2 Å². The first-order valence-corrected chi connectivity index (χ1v) is 5.25. The van der Waals surface area contributed by atoms with E-state index in [4.69, 9.17) is 0 Å². The van der Waals surface area contributed by atoms with E-state index in [1.54, 1.807) is 11.8 Å². The van der Waals surface area contributed by atoms with Gasteiger partial charge in [0.05, 0.1) is 10.6 Å². The summed E-state index contributed by atoms with van der Waals surface area (Å²) in [5.74, 6) is 0. The molecule has 2 rings (SSSR count). The first-order valence-electron chi connectivity index (χ1n) is 4.43. The van der Waals surface area contributed by atoms with Crippen molar-refractivity contribution < 1.29 is 0 Å². The zero-order valence-corrected chi connectivity index (χ0v) is 10.2. The second kappa shape index (κ2) is 3.95. The third-order valence-corrected chi connectivity index (χ3v) is 3.20. The maximum absolute atomic E-state index is 4.64. The predicted octanol–water partition coefficient (Wildman–Crippen LogP) is 3.87. The van der Waals surface area contributed by atoms with E-state index >= 15 is 0 Å². The lowest BCUT2D eigenvalue weighted by atomic mass is 9.95. The molecular formula is C11H14ClNS. The minimum Gasteiger partial charge on any atom is -0.272 e. The number of hydrogen-bond acceptors (Lipinski definition) is 2. The Morgan fingerprint density at radius 2 is 1.86 bits per heavy atom. The van der Waals surface area contributed by atoms with Crippen LogP contribution in [0.4, 0.5) is 0 Å². The highest BCUT2D eigenvalue weighted by atomic mass is 35.5. The molecule has 14 heavy (non-hydrogen) atoms. The molecule has 76 valence electrons. The fourth-order valence-corrected chi connectivity index (χ4v) is 2.86. The monoisotopic (exact) mass is 227 g/mol. The lowest BCUT2D eigenvalue weighted by Gasteiger charge is -2.28. The van der Waals surface area contributed by atoms with E-state index in [0.717, 1.165) is 5.04 Å². The number of nitrogens with zero attached hydrogens (tertiary/aromatic N) is 1. The third kappa shape index (κ3) is 1.96. The van der Waals surface area contributed by atoms with Crippen LogP contribution >= 0.6 is 24.2 Å². The van der Waals surface area contributed by atoms with Crippen molar-refractivity contribution in [1.29, 1.82) is 0 Å². The van der Waals surface area contributed by atoms with E-state index in [2.05, 4.69) is 50.0 Å². The number of thioether (sulfide) groups is 1. The van der Waals surface area contributed by atoms with Gasteiger partial charge in [-0.2, -0.15) is 0 Å². The summed E-state index contributed by atoms with van der Waals surface area (Å²) in [6.07, 6.45) is 0. The molecule has 0 aromatic heterocycles. The minimum atomic E-state index is -0.0497. The van der Waals surface area contributed by atoms with Gasteiger partial charge >= 0.3 is 0 Å². The van der Waals surface area contributed by atoms with Crippen molar-refractivity contribution in [1.82, 2.24) is 0 Å². The van der Waals surface area contributed by atoms with Crippen molar-refractivity contribution in [2.45, 2.75) is 31.2 Å². The van der Waals surface area contributed by atoms with Gasteiger partial charge < -0.3 is 0 Å². The molecule has 0 unspecified atom stereocenters. The van der Waals surface area contributed by atoms with Crippen LogP contribution < -0.4 is 0 Å². The van der Waals surface area contributed by atoms with Crippen LogP contribution in [0.25, 0.3) is 0 Å². The van der Waals surface area contributed by atoms with Crippen LogP contribution in [0.3, 0.4) is 0 Å². The highest BCUT2D eigenvalue weighted by molar-refractivity contribution is 8.14. The summed E-state index contributed by atoms with van der Waals surface area (Å²) in [5, 5.41) is 1.16. The number of hydrogen-bond donors (Lipinski definition) is 0. The van der Waals surface area contributed by atoms with E-state index in [9.17, 15) is 0 Å². The smallest absolute Gasteiger partial charge is 0.0820 e. The van der Waals surface area contributed by atoms with E-state index in [-0.39, 0.29) is 17.9 Å². The molecule has 0 fully saturated rings. The van der Waals surface area contributed by atoms with Gasteiger partial charge in [-0.1, -0.05) is 30.0 Å². The van der Waals surface area contributed by atoms with Crippen LogP contribution in [0.2, 0.25) is 0 Å². The zero-order chi connectivity index (χ0) is 9.47. The van der Waals surface area contributed by atoms with E-state index in [1.165, 1.54) is 10.5 Å². The van der Waals surface area contributed by atoms with Gasteiger partial charge in [0.15, 0.2) is 0 Å². The fourth-order valence-electron chi connectivity index (χ4n) is 1.70. The summed E-state index contributed by atoms with van der Waals surface area (Å²) in [7, 11) is 0. The normalized spacial score (nSPS) is 17.8. The summed E-state index contributed by atoms with van der Waals surface area (Å²) in [4.78, 5) is 5.98. The van der Waals surface area contributed by atoms with E-state index in [1.807, 2.05) is 0 Å². The predicted molar refractivity (Wildman–Crippen MR) is 65.7 cm³/mol. The van der Waals surface area contributed by atoms with Crippen molar-refractivity contribution in [3.63, 3.8) is 0 Å². The van der Waals surface area contributed by atoms with Gasteiger partial charge in [-0.25, -0.2) is 0 Å². The maximum Gasteiger partial charge on any atom is 0.0820 e. The van der Waals surface area contributed by atoms with Crippen molar-refractivity contribution in [3.8, 4) is 0 Å². The number of rotatable bonds is 0. The van der Waals surface area contributed by atoms with Crippen LogP contribution in [-0.4, -0.2) is 5.04 Å². The Bertz CT molecular complexity index is 371. The highest BCUT2D eigenvalue weighted by Crippen LogP contribution is 2.39. The average molecular weight is 228 g/mol. The van der Waals surface area contributed by atoms with E-state index in [0.29, 0.717) is 0 Å². The molecule has 0 bridgehead atoms. The summed E-state index contributed by atoms with van der Waals surface area (Å²) >= 11 is 1.76. The Kier molecular flexibility index (Phi) is 3.28. The zero-order valence-electron chi connectivity index (χ0n) is 8.57. The molecule has 1 heterocycles. The van der Waals surface area contributed by atoms with Crippen molar-refractivity contribution in [3.05, 3.63) is 29.8 Å². The topological polar surface area (TPSA) is 12.4 Å². The van der Waals surface area contributed by atoms with Crippen molar-refractivity contribution in [2.24, 2.45) is 4.99 Å². The van der Waals surface area contributed by atoms with Crippen LogP contribution in [0.15, 0.2) is 34.2 Å². The number of benzene rings is 1. The molecule has 1 aromatic carbocycles. The summed E-state index contributed by atoms with van der Waals surface area (Å²) in [5.41, 5.74) is 1.29. The van der Waals surface area contributed by atoms with Gasteiger partial charge in [-0.15, -0.1) is 12.4 Å². The molecule has 0 aliphatic carbocycles. The molecule has 0 saturated heterocycles. The Morgan fingerprint density at radius 1 is 1.21 bits per heavy atom. The van der Waals surface area contributed by atoms with Gasteiger partial charge in [0.2, 0.25) is 0 Å². The maximum atomic E-state index is 4.64. The van der Waals surface area contributed by atoms with Crippen LogP contribution in [0.1, 0.15) is 26.3 Å². The lowest BCUT2D eigenvalue weighted by Crippen LogP contribution is -2.19. The quantitative estimate of drug-likeness (QED) is 0.656.